The Morgan fingerprint density at radius 1 is 0.667 bits per heavy atom. The monoisotopic (exact) mass is 484 g/mol. The molecule has 15 nitrogen and oxygen atoms in total. The lowest BCUT2D eigenvalue weighted by molar-refractivity contribution is -0.336. The van der Waals surface area contributed by atoms with Gasteiger partial charge < -0.3 is 76.9 Å². The molecule has 3 rings (SSSR count). The molecule has 13 N–H and O–H groups in total. The molecule has 0 amide bonds. The summed E-state index contributed by atoms with van der Waals surface area (Å²) in [7, 11) is 1.37. The summed E-state index contributed by atoms with van der Waals surface area (Å²) in [5.41, 5.74) is 23.8. The van der Waals surface area contributed by atoms with E-state index in [1.807, 2.05) is 0 Å². The molecule has 0 saturated carbocycles. The lowest BCUT2D eigenvalue weighted by Crippen LogP contribution is -2.69. The number of ether oxygens (including phenoxy) is 6. The number of aliphatic hydroxyl groups excluding tert-OH is 5. The molecule has 0 bridgehead atoms. The number of hydrogen-bond acceptors (Lipinski definition) is 15. The molecule has 3 aliphatic rings. The van der Waals surface area contributed by atoms with E-state index in [1.54, 1.807) is 0 Å². The molecule has 0 aromatic rings. The van der Waals surface area contributed by atoms with Crippen molar-refractivity contribution < 1.29 is 54.0 Å². The van der Waals surface area contributed by atoms with E-state index < -0.39 is 92.5 Å². The molecule has 14 atom stereocenters. The maximum absolute atomic E-state index is 10.3. The van der Waals surface area contributed by atoms with Gasteiger partial charge in [-0.2, -0.15) is 0 Å². The zero-order valence-electron chi connectivity index (χ0n) is 18.2. The van der Waals surface area contributed by atoms with Gasteiger partial charge >= 0.3 is 0 Å². The van der Waals surface area contributed by atoms with Gasteiger partial charge in [0.1, 0.15) is 54.9 Å². The highest BCUT2D eigenvalue weighted by Crippen LogP contribution is 2.32. The Labute approximate surface area is 190 Å². The van der Waals surface area contributed by atoms with Crippen molar-refractivity contribution in [2.24, 2.45) is 22.9 Å². The number of hydrogen-bond donors (Lipinski definition) is 9. The van der Waals surface area contributed by atoms with Crippen molar-refractivity contribution >= 4 is 0 Å². The van der Waals surface area contributed by atoms with Gasteiger partial charge in [0.15, 0.2) is 18.9 Å². The molecule has 3 aliphatic heterocycles. The van der Waals surface area contributed by atoms with E-state index in [1.165, 1.54) is 7.11 Å². The van der Waals surface area contributed by atoms with Gasteiger partial charge in [0, 0.05) is 20.2 Å². The molecule has 194 valence electrons. The maximum Gasteiger partial charge on any atom is 0.187 e. The third-order valence-corrected chi connectivity index (χ3v) is 6.22. The molecule has 0 aromatic carbocycles. The predicted molar refractivity (Wildman–Crippen MR) is 108 cm³/mol. The van der Waals surface area contributed by atoms with Crippen molar-refractivity contribution in [1.29, 1.82) is 0 Å². The SMILES string of the molecule is CO[C@@H]1O[C@H](CN)[C@@H](O[C@@H]2O[C@H](CO)[C@@H](O)[C@H]2O)[C@H](O[C@H]2O[C@H](CN)[C@@H](O)[C@H](O)[C@H]2N)[C@H]1N. The first kappa shape index (κ1) is 27.0. The highest BCUT2D eigenvalue weighted by Gasteiger charge is 2.53. The second kappa shape index (κ2) is 11.4. The Morgan fingerprint density at radius 2 is 1.21 bits per heavy atom. The van der Waals surface area contributed by atoms with Crippen LogP contribution in [0, 0.1) is 0 Å². The minimum Gasteiger partial charge on any atom is -0.394 e. The van der Waals surface area contributed by atoms with E-state index >= 15 is 0 Å². The van der Waals surface area contributed by atoms with Gasteiger partial charge in [-0.25, -0.2) is 0 Å². The molecule has 0 aromatic heterocycles. The molecule has 33 heavy (non-hydrogen) atoms. The van der Waals surface area contributed by atoms with E-state index in [2.05, 4.69) is 0 Å². The van der Waals surface area contributed by atoms with Crippen molar-refractivity contribution in [2.75, 3.05) is 26.8 Å². The van der Waals surface area contributed by atoms with Crippen molar-refractivity contribution in [2.45, 2.75) is 85.9 Å². The normalized spacial score (nSPS) is 51.1. The molecule has 3 saturated heterocycles. The smallest absolute Gasteiger partial charge is 0.187 e. The number of aliphatic hydroxyl groups is 5. The fourth-order valence-electron chi connectivity index (χ4n) is 4.22. The topological polar surface area (TPSA) is 261 Å². The number of nitrogens with two attached hydrogens (primary N) is 4. The molecular formula is C18H36N4O11. The van der Waals surface area contributed by atoms with Crippen LogP contribution in [0.5, 0.6) is 0 Å². The van der Waals surface area contributed by atoms with Crippen LogP contribution in [0.4, 0.5) is 0 Å². The summed E-state index contributed by atoms with van der Waals surface area (Å²) in [6, 6.07) is -2.14. The number of rotatable bonds is 8. The standard InChI is InChI=1S/C18H36N4O11/c1-28-16-9(22)15(33-17-8(21)12(26)10(24)5(2-19)29-17)14(6(3-20)30-16)32-18-13(27)11(25)7(4-23)31-18/h5-18,23-27H,2-4,19-22H2,1H3/t5-,6-,7-,8-,9-,10-,11-,12-,13-,14-,15-,16-,17-,18+/m1/s1. The van der Waals surface area contributed by atoms with E-state index in [9.17, 15) is 25.5 Å². The summed E-state index contributed by atoms with van der Waals surface area (Å²) in [6.07, 6.45) is -14.2. The quantitative estimate of drug-likeness (QED) is 0.155. The number of methoxy groups -OCH3 is 1. The van der Waals surface area contributed by atoms with Crippen molar-refractivity contribution in [3.05, 3.63) is 0 Å². The van der Waals surface area contributed by atoms with Crippen LogP contribution in [-0.2, 0) is 28.4 Å². The second-order valence-corrected chi connectivity index (χ2v) is 8.34. The van der Waals surface area contributed by atoms with E-state index in [0.29, 0.717) is 0 Å². The molecule has 0 spiro atoms. The largest absolute Gasteiger partial charge is 0.394 e. The second-order valence-electron chi connectivity index (χ2n) is 8.34. The average molecular weight is 485 g/mol. The molecule has 3 fully saturated rings. The van der Waals surface area contributed by atoms with Crippen molar-refractivity contribution in [1.82, 2.24) is 0 Å². The fraction of sp³-hybridized carbons (Fsp3) is 1.00. The predicted octanol–water partition coefficient (Wildman–Crippen LogP) is -6.41. The van der Waals surface area contributed by atoms with Gasteiger partial charge in [0.25, 0.3) is 0 Å². The summed E-state index contributed by atoms with van der Waals surface area (Å²) in [4.78, 5) is 0. The van der Waals surface area contributed by atoms with Gasteiger partial charge in [-0.1, -0.05) is 0 Å². The Hall–Kier alpha value is -0.600. The van der Waals surface area contributed by atoms with Crippen LogP contribution in [0.2, 0.25) is 0 Å². The minimum atomic E-state index is -1.48. The maximum atomic E-state index is 10.3. The van der Waals surface area contributed by atoms with E-state index in [-0.39, 0.29) is 13.1 Å². The van der Waals surface area contributed by atoms with Crippen LogP contribution in [0.3, 0.4) is 0 Å². The Kier molecular flexibility index (Phi) is 9.35. The lowest BCUT2D eigenvalue weighted by Gasteiger charge is -2.48. The molecule has 0 radical (unpaired) electrons. The minimum absolute atomic E-state index is 0.0732. The van der Waals surface area contributed by atoms with Gasteiger partial charge in [-0.05, 0) is 0 Å². The van der Waals surface area contributed by atoms with Gasteiger partial charge in [0.2, 0.25) is 0 Å². The first-order valence-corrected chi connectivity index (χ1v) is 10.7. The zero-order valence-corrected chi connectivity index (χ0v) is 18.2. The van der Waals surface area contributed by atoms with Crippen LogP contribution in [-0.4, -0.2) is 138 Å². The van der Waals surface area contributed by atoms with Crippen LogP contribution in [0.15, 0.2) is 0 Å². The van der Waals surface area contributed by atoms with Crippen LogP contribution in [0.1, 0.15) is 0 Å². The van der Waals surface area contributed by atoms with Crippen molar-refractivity contribution in [3.8, 4) is 0 Å². The fourth-order valence-corrected chi connectivity index (χ4v) is 4.22. The molecule has 0 unspecified atom stereocenters. The van der Waals surface area contributed by atoms with Gasteiger partial charge in [-0.15, -0.1) is 0 Å². The van der Waals surface area contributed by atoms with E-state index in [0.717, 1.165) is 0 Å². The van der Waals surface area contributed by atoms with Crippen LogP contribution < -0.4 is 22.9 Å². The summed E-state index contributed by atoms with van der Waals surface area (Å²) in [5.74, 6) is 0. The Balaban J connectivity index is 1.84. The summed E-state index contributed by atoms with van der Waals surface area (Å²) < 4.78 is 34.0. The molecular weight excluding hydrogens is 448 g/mol. The zero-order chi connectivity index (χ0) is 24.4. The molecule has 3 heterocycles. The van der Waals surface area contributed by atoms with Gasteiger partial charge in [-0.3, -0.25) is 0 Å². The molecule has 0 aliphatic carbocycles. The first-order chi connectivity index (χ1) is 15.7. The summed E-state index contributed by atoms with van der Waals surface area (Å²) in [6.45, 7) is -0.730. The third-order valence-electron chi connectivity index (χ3n) is 6.22. The highest BCUT2D eigenvalue weighted by molar-refractivity contribution is 4.99. The third kappa shape index (κ3) is 5.32. The average Bonchev–Trinajstić information content (AvgIpc) is 3.09. The van der Waals surface area contributed by atoms with Crippen LogP contribution in [0.25, 0.3) is 0 Å². The Bertz CT molecular complexity index is 622. The Morgan fingerprint density at radius 3 is 1.76 bits per heavy atom. The summed E-state index contributed by atoms with van der Waals surface area (Å²) >= 11 is 0. The van der Waals surface area contributed by atoms with Crippen molar-refractivity contribution in [3.63, 3.8) is 0 Å². The van der Waals surface area contributed by atoms with Gasteiger partial charge in [0.05, 0.1) is 18.7 Å². The lowest BCUT2D eigenvalue weighted by atomic mass is 9.94. The highest BCUT2D eigenvalue weighted by atomic mass is 16.8. The first-order valence-electron chi connectivity index (χ1n) is 10.7. The van der Waals surface area contributed by atoms with Crippen LogP contribution >= 0.6 is 0 Å². The molecule has 15 heteroatoms. The summed E-state index contributed by atoms with van der Waals surface area (Å²) in [5, 5.41) is 50.1. The van der Waals surface area contributed by atoms with E-state index in [4.69, 9.17) is 51.4 Å².